The first-order chi connectivity index (χ1) is 14.2. The van der Waals surface area contributed by atoms with Crippen LogP contribution in [0.1, 0.15) is 80.6 Å². The Balaban J connectivity index is 1.37. The molecule has 6 rings (SSSR count). The minimum Gasteiger partial charge on any atom is -0.487 e. The molecule has 6 aliphatic rings. The van der Waals surface area contributed by atoms with Crippen molar-refractivity contribution < 1.29 is 23.8 Å². The minimum atomic E-state index is -0.556. The van der Waals surface area contributed by atoms with Gasteiger partial charge in [0.25, 0.3) is 0 Å². The second-order valence-electron chi connectivity index (χ2n) is 13.1. The van der Waals surface area contributed by atoms with Crippen molar-refractivity contribution in [2.75, 3.05) is 6.61 Å². The molecule has 5 aliphatic carbocycles. The van der Waals surface area contributed by atoms with Crippen molar-refractivity contribution in [3.05, 3.63) is 12.3 Å². The van der Waals surface area contributed by atoms with E-state index in [2.05, 4.69) is 55.0 Å². The normalized spacial score (nSPS) is 37.5. The van der Waals surface area contributed by atoms with E-state index in [0.717, 1.165) is 19.3 Å². The summed E-state index contributed by atoms with van der Waals surface area (Å²) in [6, 6.07) is 0. The van der Waals surface area contributed by atoms with Crippen molar-refractivity contribution in [3.8, 4) is 0 Å². The van der Waals surface area contributed by atoms with E-state index in [4.69, 9.17) is 14.2 Å². The lowest BCUT2D eigenvalue weighted by molar-refractivity contribution is -0.233. The van der Waals surface area contributed by atoms with Crippen LogP contribution in [-0.4, -0.2) is 30.3 Å². The van der Waals surface area contributed by atoms with Crippen molar-refractivity contribution in [3.63, 3.8) is 0 Å². The molecule has 5 nitrogen and oxygen atoms in total. The average Bonchev–Trinajstić information content (AvgIpc) is 2.76. The fourth-order valence-electron chi connectivity index (χ4n) is 6.99. The Kier molecular flexibility index (Phi) is 5.11. The van der Waals surface area contributed by atoms with Crippen LogP contribution < -0.4 is 0 Å². The number of hydrogen-bond acceptors (Lipinski definition) is 5. The lowest BCUT2D eigenvalue weighted by atomic mass is 9.39. The number of carbonyl (C=O) groups excluding carboxylic acids is 2. The minimum absolute atomic E-state index is 0.0674. The number of esters is 2. The lowest BCUT2D eigenvalue weighted by Gasteiger charge is -2.63. The Morgan fingerprint density at radius 1 is 1.19 bits per heavy atom. The van der Waals surface area contributed by atoms with Crippen LogP contribution >= 0.6 is 0 Å². The van der Waals surface area contributed by atoms with Gasteiger partial charge in [0.1, 0.15) is 11.7 Å². The molecule has 5 bridgehead atoms. The predicted molar refractivity (Wildman–Crippen MR) is 118 cm³/mol. The molecule has 0 radical (unpaired) electrons. The summed E-state index contributed by atoms with van der Waals surface area (Å²) in [5, 5.41) is 0. The van der Waals surface area contributed by atoms with E-state index >= 15 is 0 Å². The summed E-state index contributed by atoms with van der Waals surface area (Å²) in [6.07, 6.45) is 3.89. The summed E-state index contributed by atoms with van der Waals surface area (Å²) in [4.78, 5) is 25.2. The molecule has 5 heteroatoms. The summed E-state index contributed by atoms with van der Waals surface area (Å²) in [7, 11) is 0. The molecule has 0 aromatic rings. The highest BCUT2D eigenvalue weighted by Crippen LogP contribution is 2.73. The van der Waals surface area contributed by atoms with Crippen LogP contribution in [-0.2, 0) is 23.8 Å². The maximum absolute atomic E-state index is 12.8. The smallest absolute Gasteiger partial charge is 0.344 e. The molecule has 7 unspecified atom stereocenters. The van der Waals surface area contributed by atoms with Crippen LogP contribution in [0.4, 0.5) is 0 Å². The maximum atomic E-state index is 12.8. The van der Waals surface area contributed by atoms with Gasteiger partial charge in [0.2, 0.25) is 0 Å². The van der Waals surface area contributed by atoms with Crippen LogP contribution in [0.3, 0.4) is 0 Å². The topological polar surface area (TPSA) is 61.8 Å². The molecule has 0 amide bonds. The van der Waals surface area contributed by atoms with Crippen molar-refractivity contribution in [2.24, 2.45) is 39.9 Å². The second kappa shape index (κ2) is 6.99. The quantitative estimate of drug-likeness (QED) is 0.405. The summed E-state index contributed by atoms with van der Waals surface area (Å²) >= 11 is 0. The van der Waals surface area contributed by atoms with Crippen molar-refractivity contribution >= 4 is 11.9 Å². The van der Waals surface area contributed by atoms with Gasteiger partial charge in [-0.15, -0.1) is 0 Å². The summed E-state index contributed by atoms with van der Waals surface area (Å²) < 4.78 is 17.6. The van der Waals surface area contributed by atoms with Crippen molar-refractivity contribution in [1.82, 2.24) is 0 Å². The molecule has 1 aliphatic heterocycles. The zero-order valence-corrected chi connectivity index (χ0v) is 20.4. The van der Waals surface area contributed by atoms with E-state index in [1.165, 1.54) is 0 Å². The highest BCUT2D eigenvalue weighted by molar-refractivity contribution is 5.83. The average molecular weight is 433 g/mol. The molecule has 31 heavy (non-hydrogen) atoms. The van der Waals surface area contributed by atoms with Crippen molar-refractivity contribution in [1.29, 1.82) is 0 Å². The van der Waals surface area contributed by atoms with E-state index in [0.29, 0.717) is 36.4 Å². The van der Waals surface area contributed by atoms with Gasteiger partial charge < -0.3 is 14.2 Å². The number of ether oxygens (including phenoxy) is 3. The Morgan fingerprint density at radius 2 is 1.87 bits per heavy atom. The Bertz CT molecular complexity index is 787. The summed E-state index contributed by atoms with van der Waals surface area (Å²) in [6.45, 7) is 19.7. The van der Waals surface area contributed by atoms with Crippen LogP contribution in [0.15, 0.2) is 12.3 Å². The van der Waals surface area contributed by atoms with Gasteiger partial charge >= 0.3 is 11.9 Å². The number of rotatable bonds is 7. The van der Waals surface area contributed by atoms with E-state index in [-0.39, 0.29) is 46.8 Å². The molecule has 174 valence electrons. The third-order valence-electron chi connectivity index (χ3n) is 8.60. The Morgan fingerprint density at radius 3 is 2.45 bits per heavy atom. The molecular weight excluding hydrogens is 392 g/mol. The van der Waals surface area contributed by atoms with Gasteiger partial charge in [0.05, 0.1) is 11.2 Å². The second-order valence-corrected chi connectivity index (χ2v) is 13.1. The zero-order valence-electron chi connectivity index (χ0n) is 20.4. The van der Waals surface area contributed by atoms with E-state index < -0.39 is 5.60 Å². The molecule has 0 aromatic carbocycles. The fourth-order valence-corrected chi connectivity index (χ4v) is 6.99. The van der Waals surface area contributed by atoms with Gasteiger partial charge in [0.15, 0.2) is 6.61 Å². The molecule has 6 fully saturated rings. The summed E-state index contributed by atoms with van der Waals surface area (Å²) in [5.41, 5.74) is -0.701. The van der Waals surface area contributed by atoms with Gasteiger partial charge in [-0.1, -0.05) is 55.0 Å². The highest BCUT2D eigenvalue weighted by Gasteiger charge is 2.78. The third-order valence-corrected chi connectivity index (χ3v) is 8.60. The highest BCUT2D eigenvalue weighted by atomic mass is 16.6. The number of hydrogen-bond donors (Lipinski definition) is 0. The zero-order chi connectivity index (χ0) is 23.0. The predicted octanol–water partition coefficient (Wildman–Crippen LogP) is 5.28. The van der Waals surface area contributed by atoms with Gasteiger partial charge in [-0.2, -0.15) is 0 Å². The van der Waals surface area contributed by atoms with Crippen LogP contribution in [0.25, 0.3) is 0 Å². The van der Waals surface area contributed by atoms with Crippen LogP contribution in [0.2, 0.25) is 0 Å². The van der Waals surface area contributed by atoms with Crippen molar-refractivity contribution in [2.45, 2.75) is 92.3 Å². The number of allylic oxidation sites excluding steroid dienone is 1. The monoisotopic (exact) mass is 432 g/mol. The maximum Gasteiger partial charge on any atom is 0.344 e. The van der Waals surface area contributed by atoms with E-state index in [1.54, 1.807) is 0 Å². The van der Waals surface area contributed by atoms with Crippen LogP contribution in [0, 0.1) is 39.9 Å². The standard InChI is InChI=1S/C26H40O5/c1-15(24(6,7)8)18(11-23(3,4)5)16(2)29-13-20(27)31-25-9-17-10-26(14-25)21(17)19(12-25)30-22(26)28/h15,17-19,21H,2,9-14H2,1,3-8H3. The van der Waals surface area contributed by atoms with Gasteiger partial charge in [0, 0.05) is 24.7 Å². The molecule has 1 saturated heterocycles. The molecule has 5 saturated carbocycles. The largest absolute Gasteiger partial charge is 0.487 e. The first-order valence-electron chi connectivity index (χ1n) is 11.9. The van der Waals surface area contributed by atoms with Gasteiger partial charge in [-0.25, -0.2) is 4.79 Å². The van der Waals surface area contributed by atoms with Gasteiger partial charge in [-0.05, 0) is 41.9 Å². The first-order valence-corrected chi connectivity index (χ1v) is 11.9. The molecule has 7 atom stereocenters. The molecule has 1 heterocycles. The third kappa shape index (κ3) is 3.80. The molecular formula is C26H40O5. The number of carbonyl (C=O) groups is 2. The lowest BCUT2D eigenvalue weighted by Crippen LogP contribution is -2.67. The SMILES string of the molecule is C=C(OCC(=O)OC12CC3CC4(C1)C(=O)OC(C2)C34)C(CC(C)(C)C)C(C)C(C)(C)C. The van der Waals surface area contributed by atoms with Crippen LogP contribution in [0.5, 0.6) is 0 Å². The van der Waals surface area contributed by atoms with E-state index in [1.807, 2.05) is 0 Å². The Labute approximate surface area is 187 Å². The summed E-state index contributed by atoms with van der Waals surface area (Å²) in [5.74, 6) is 1.56. The van der Waals surface area contributed by atoms with E-state index in [9.17, 15) is 9.59 Å². The van der Waals surface area contributed by atoms with Gasteiger partial charge in [-0.3, -0.25) is 4.79 Å². The fraction of sp³-hybridized carbons (Fsp3) is 0.846. The molecule has 1 spiro atoms. The Hall–Kier alpha value is -1.52. The molecule has 0 N–H and O–H groups in total. The molecule has 0 aromatic heterocycles. The first kappa shape index (κ1) is 22.7.